The monoisotopic (exact) mass is 495 g/mol. The lowest BCUT2D eigenvalue weighted by atomic mass is 10.1. The number of nitrogens with one attached hydrogen (secondary N) is 2. The van der Waals surface area contributed by atoms with E-state index in [1.165, 1.54) is 30.5 Å². The van der Waals surface area contributed by atoms with E-state index < -0.39 is 11.4 Å². The maximum Gasteiger partial charge on any atom is 0.255 e. The molecule has 0 aliphatic carbocycles. The van der Waals surface area contributed by atoms with Crippen molar-refractivity contribution in [1.82, 2.24) is 15.2 Å². The van der Waals surface area contributed by atoms with Crippen LogP contribution in [0.25, 0.3) is 16.1 Å². The molecule has 4 rings (SSSR count). The topological polar surface area (TPSA) is 63.1 Å². The summed E-state index contributed by atoms with van der Waals surface area (Å²) in [6.07, 6.45) is 1.36. The SMILES string of the molecule is CNCc1cc(Cl)ccc1-c1ccc([C@@H](C)NC(=O)c2ccc(=O)n(-c3ccccc3F)c2)s1. The highest BCUT2D eigenvalue weighted by atomic mass is 35.5. The summed E-state index contributed by atoms with van der Waals surface area (Å²) < 4.78 is 15.3. The maximum atomic E-state index is 14.2. The van der Waals surface area contributed by atoms with Crippen molar-refractivity contribution in [2.45, 2.75) is 19.5 Å². The minimum atomic E-state index is -0.540. The van der Waals surface area contributed by atoms with Gasteiger partial charge >= 0.3 is 0 Å². The standard InChI is InChI=1S/C26H23ClFN3O2S/c1-16(23-10-11-24(34-23)20-9-8-19(27)13-18(20)14-29-2)30-26(33)17-7-12-25(32)31(15-17)22-6-4-3-5-21(22)28/h3-13,15-16,29H,14H2,1-2H3,(H,30,33)/t16-/m1/s1. The zero-order valence-corrected chi connectivity index (χ0v) is 20.2. The lowest BCUT2D eigenvalue weighted by molar-refractivity contribution is 0.0940. The van der Waals surface area contributed by atoms with Gasteiger partial charge in [0.25, 0.3) is 11.5 Å². The lowest BCUT2D eigenvalue weighted by Gasteiger charge is -2.14. The first-order chi connectivity index (χ1) is 16.4. The predicted octanol–water partition coefficient (Wildman–Crippen LogP) is 5.57. The number of carbonyl (C=O) groups is 1. The lowest BCUT2D eigenvalue weighted by Crippen LogP contribution is -2.28. The number of halogens is 2. The highest BCUT2D eigenvalue weighted by molar-refractivity contribution is 7.15. The third-order valence-electron chi connectivity index (χ3n) is 5.39. The van der Waals surface area contributed by atoms with E-state index in [2.05, 4.69) is 10.6 Å². The summed E-state index contributed by atoms with van der Waals surface area (Å²) in [5.41, 5.74) is 2.12. The van der Waals surface area contributed by atoms with Crippen molar-refractivity contribution in [3.05, 3.63) is 110 Å². The Morgan fingerprint density at radius 2 is 1.91 bits per heavy atom. The van der Waals surface area contributed by atoms with Gasteiger partial charge in [-0.15, -0.1) is 11.3 Å². The van der Waals surface area contributed by atoms with Crippen LogP contribution in [0, 0.1) is 5.82 Å². The highest BCUT2D eigenvalue weighted by Gasteiger charge is 2.17. The van der Waals surface area contributed by atoms with Crippen LogP contribution >= 0.6 is 22.9 Å². The van der Waals surface area contributed by atoms with E-state index in [-0.39, 0.29) is 23.2 Å². The number of rotatable bonds is 7. The number of pyridine rings is 1. The van der Waals surface area contributed by atoms with Gasteiger partial charge in [0.15, 0.2) is 0 Å². The van der Waals surface area contributed by atoms with E-state index in [0.717, 1.165) is 25.4 Å². The van der Waals surface area contributed by atoms with Gasteiger partial charge in [0.05, 0.1) is 17.3 Å². The number of carbonyl (C=O) groups excluding carboxylic acids is 1. The van der Waals surface area contributed by atoms with Gasteiger partial charge in [-0.2, -0.15) is 0 Å². The van der Waals surface area contributed by atoms with Crippen LogP contribution in [0.15, 0.2) is 77.7 Å². The second-order valence-electron chi connectivity index (χ2n) is 7.81. The Bertz CT molecular complexity index is 1400. The second-order valence-corrected chi connectivity index (χ2v) is 9.36. The molecule has 0 saturated carbocycles. The van der Waals surface area contributed by atoms with Crippen LogP contribution in [0.3, 0.4) is 0 Å². The molecule has 4 aromatic rings. The minimum absolute atomic E-state index is 0.0958. The number of para-hydroxylation sites is 1. The van der Waals surface area contributed by atoms with E-state index in [0.29, 0.717) is 11.6 Å². The molecule has 1 amide bonds. The minimum Gasteiger partial charge on any atom is -0.345 e. The van der Waals surface area contributed by atoms with Crippen LogP contribution in [0.1, 0.15) is 33.8 Å². The van der Waals surface area contributed by atoms with Gasteiger partial charge in [0.1, 0.15) is 5.82 Å². The number of hydrogen-bond acceptors (Lipinski definition) is 4. The van der Waals surface area contributed by atoms with Crippen LogP contribution in [0.4, 0.5) is 4.39 Å². The smallest absolute Gasteiger partial charge is 0.255 e. The molecule has 2 aromatic carbocycles. The molecule has 0 radical (unpaired) electrons. The van der Waals surface area contributed by atoms with Crippen molar-refractivity contribution in [3.8, 4) is 16.1 Å². The van der Waals surface area contributed by atoms with Crippen LogP contribution in [-0.4, -0.2) is 17.5 Å². The van der Waals surface area contributed by atoms with Crippen molar-refractivity contribution in [3.63, 3.8) is 0 Å². The Morgan fingerprint density at radius 3 is 2.68 bits per heavy atom. The molecule has 2 heterocycles. The zero-order valence-electron chi connectivity index (χ0n) is 18.6. The average Bonchev–Trinajstić information content (AvgIpc) is 3.30. The van der Waals surface area contributed by atoms with Gasteiger partial charge in [0, 0.05) is 33.6 Å². The summed E-state index contributed by atoms with van der Waals surface area (Å²) in [5.74, 6) is -0.892. The first-order valence-corrected chi connectivity index (χ1v) is 11.9. The predicted molar refractivity (Wildman–Crippen MR) is 135 cm³/mol. The van der Waals surface area contributed by atoms with Crippen LogP contribution in [-0.2, 0) is 6.54 Å². The Kier molecular flexibility index (Phi) is 7.26. The second kappa shape index (κ2) is 10.3. The van der Waals surface area contributed by atoms with Gasteiger partial charge < -0.3 is 10.6 Å². The summed E-state index contributed by atoms with van der Waals surface area (Å²) in [7, 11) is 1.89. The Morgan fingerprint density at radius 1 is 1.12 bits per heavy atom. The van der Waals surface area contributed by atoms with Gasteiger partial charge in [0.2, 0.25) is 0 Å². The van der Waals surface area contributed by atoms with E-state index in [1.54, 1.807) is 23.5 Å². The molecule has 2 aromatic heterocycles. The molecule has 34 heavy (non-hydrogen) atoms. The van der Waals surface area contributed by atoms with E-state index in [4.69, 9.17) is 11.6 Å². The largest absolute Gasteiger partial charge is 0.345 e. The van der Waals surface area contributed by atoms with Crippen LogP contribution in [0.5, 0.6) is 0 Å². The number of aromatic nitrogens is 1. The first-order valence-electron chi connectivity index (χ1n) is 10.7. The first kappa shape index (κ1) is 23.9. The Hall–Kier alpha value is -3.26. The molecule has 0 bridgehead atoms. The quantitative estimate of drug-likeness (QED) is 0.352. The van der Waals surface area contributed by atoms with Crippen molar-refractivity contribution in [2.24, 2.45) is 0 Å². The summed E-state index contributed by atoms with van der Waals surface area (Å²) in [5, 5.41) is 6.81. The Balaban J connectivity index is 1.55. The molecular weight excluding hydrogens is 473 g/mol. The van der Waals surface area contributed by atoms with Gasteiger partial charge in [-0.1, -0.05) is 29.8 Å². The number of amides is 1. The molecule has 0 aliphatic heterocycles. The third-order valence-corrected chi connectivity index (χ3v) is 6.92. The summed E-state index contributed by atoms with van der Waals surface area (Å²) in [6.45, 7) is 2.59. The van der Waals surface area contributed by atoms with E-state index in [1.807, 2.05) is 44.3 Å². The van der Waals surface area contributed by atoms with E-state index in [9.17, 15) is 14.0 Å². The van der Waals surface area contributed by atoms with Crippen molar-refractivity contribution >= 4 is 28.8 Å². The number of thiophene rings is 1. The molecule has 1 atom stereocenters. The maximum absolute atomic E-state index is 14.2. The fraction of sp³-hybridized carbons (Fsp3) is 0.154. The average molecular weight is 496 g/mol. The zero-order chi connectivity index (χ0) is 24.2. The van der Waals surface area contributed by atoms with Crippen molar-refractivity contribution in [1.29, 1.82) is 0 Å². The fourth-order valence-corrected chi connectivity index (χ4v) is 4.94. The summed E-state index contributed by atoms with van der Waals surface area (Å²) >= 11 is 7.76. The third kappa shape index (κ3) is 5.12. The number of nitrogens with zero attached hydrogens (tertiary/aromatic N) is 1. The molecule has 5 nitrogen and oxygen atoms in total. The van der Waals surface area contributed by atoms with Crippen LogP contribution in [0.2, 0.25) is 5.02 Å². The fourth-order valence-electron chi connectivity index (χ4n) is 3.68. The normalized spacial score (nSPS) is 11.9. The molecular formula is C26H23ClFN3O2S. The molecule has 0 spiro atoms. The molecule has 174 valence electrons. The number of hydrogen-bond donors (Lipinski definition) is 2. The highest BCUT2D eigenvalue weighted by Crippen LogP contribution is 2.34. The van der Waals surface area contributed by atoms with E-state index >= 15 is 0 Å². The van der Waals surface area contributed by atoms with Crippen molar-refractivity contribution < 1.29 is 9.18 Å². The van der Waals surface area contributed by atoms with Crippen molar-refractivity contribution in [2.75, 3.05) is 7.05 Å². The molecule has 2 N–H and O–H groups in total. The molecule has 0 saturated heterocycles. The molecule has 8 heteroatoms. The number of benzene rings is 2. The molecule has 0 fully saturated rings. The van der Waals surface area contributed by atoms with Gasteiger partial charge in [-0.3, -0.25) is 14.2 Å². The Labute approximate surface area is 205 Å². The van der Waals surface area contributed by atoms with Crippen LogP contribution < -0.4 is 16.2 Å². The van der Waals surface area contributed by atoms with Gasteiger partial charge in [-0.05, 0) is 67.6 Å². The molecule has 0 aliphatic rings. The summed E-state index contributed by atoms with van der Waals surface area (Å²) in [6, 6.07) is 18.2. The van der Waals surface area contributed by atoms with Gasteiger partial charge in [-0.25, -0.2) is 4.39 Å². The molecule has 0 unspecified atom stereocenters. The summed E-state index contributed by atoms with van der Waals surface area (Å²) in [4.78, 5) is 27.3.